The molecule has 2 aromatic rings. The summed E-state index contributed by atoms with van der Waals surface area (Å²) in [5, 5.41) is 19.1. The zero-order valence-electron chi connectivity index (χ0n) is 7.95. The average Bonchev–Trinajstić information content (AvgIpc) is 2.15. The lowest BCUT2D eigenvalue weighted by Crippen LogP contribution is -1.98. The summed E-state index contributed by atoms with van der Waals surface area (Å²) in [5.74, 6) is -0.526. The van der Waals surface area contributed by atoms with E-state index in [0.29, 0.717) is 0 Å². The highest BCUT2D eigenvalue weighted by molar-refractivity contribution is 7.86. The van der Waals surface area contributed by atoms with E-state index in [1.807, 2.05) is 0 Å². The third-order valence-electron chi connectivity index (χ3n) is 2.20. The molecule has 0 amide bonds. The molecule has 0 aliphatic carbocycles. The first-order valence-electron chi connectivity index (χ1n) is 4.32. The van der Waals surface area contributed by atoms with Crippen molar-refractivity contribution in [2.75, 3.05) is 0 Å². The fourth-order valence-electron chi connectivity index (χ4n) is 1.55. The van der Waals surface area contributed by atoms with Gasteiger partial charge in [0.05, 0.1) is 0 Å². The molecule has 0 aromatic heterocycles. The van der Waals surface area contributed by atoms with E-state index in [0.717, 1.165) is 12.1 Å². The molecule has 84 valence electrons. The van der Waals surface area contributed by atoms with Gasteiger partial charge in [0, 0.05) is 16.8 Å². The monoisotopic (exact) mass is 240 g/mol. The number of phenolic OH excluding ortho intramolecular Hbond substituents is 2. The van der Waals surface area contributed by atoms with Crippen LogP contribution in [0, 0.1) is 0 Å². The summed E-state index contributed by atoms with van der Waals surface area (Å²) < 4.78 is 31.1. The van der Waals surface area contributed by atoms with Gasteiger partial charge in [-0.15, -0.1) is 0 Å². The Morgan fingerprint density at radius 3 is 2.31 bits per heavy atom. The minimum Gasteiger partial charge on any atom is -0.508 e. The molecule has 0 radical (unpaired) electrons. The second kappa shape index (κ2) is 3.36. The van der Waals surface area contributed by atoms with Crippen LogP contribution in [0.1, 0.15) is 0 Å². The van der Waals surface area contributed by atoms with E-state index in [4.69, 9.17) is 4.55 Å². The highest BCUT2D eigenvalue weighted by atomic mass is 32.2. The van der Waals surface area contributed by atoms with E-state index in [9.17, 15) is 18.6 Å². The predicted octanol–water partition coefficient (Wildman–Crippen LogP) is 1.50. The van der Waals surface area contributed by atoms with Gasteiger partial charge >= 0.3 is 0 Å². The Kier molecular flexibility index (Phi) is 2.25. The molecule has 2 rings (SSSR count). The highest BCUT2D eigenvalue weighted by Crippen LogP contribution is 2.33. The molecule has 0 fully saturated rings. The SMILES string of the molecule is O=S(=O)(O)c1cccc2c(O)cc(O)cc12. The maximum Gasteiger partial charge on any atom is 0.295 e. The van der Waals surface area contributed by atoms with Crippen LogP contribution in [0.3, 0.4) is 0 Å². The van der Waals surface area contributed by atoms with Crippen molar-refractivity contribution in [1.29, 1.82) is 0 Å². The fourth-order valence-corrected chi connectivity index (χ4v) is 2.25. The van der Waals surface area contributed by atoms with E-state index >= 15 is 0 Å². The predicted molar refractivity (Wildman–Crippen MR) is 57.1 cm³/mol. The smallest absolute Gasteiger partial charge is 0.295 e. The Morgan fingerprint density at radius 2 is 1.69 bits per heavy atom. The standard InChI is InChI=1S/C10H8O5S/c11-6-4-8-7(9(12)5-6)2-1-3-10(8)16(13,14)15/h1-5,11-12H,(H,13,14,15). The number of phenols is 2. The summed E-state index contributed by atoms with van der Waals surface area (Å²) in [7, 11) is -4.39. The summed E-state index contributed by atoms with van der Waals surface area (Å²) >= 11 is 0. The third-order valence-corrected chi connectivity index (χ3v) is 3.11. The summed E-state index contributed by atoms with van der Waals surface area (Å²) in [6.07, 6.45) is 0. The van der Waals surface area contributed by atoms with Crippen LogP contribution in [0.5, 0.6) is 11.5 Å². The summed E-state index contributed by atoms with van der Waals surface area (Å²) in [4.78, 5) is -0.351. The Bertz CT molecular complexity index is 660. The highest BCUT2D eigenvalue weighted by Gasteiger charge is 2.15. The zero-order valence-corrected chi connectivity index (χ0v) is 8.77. The third kappa shape index (κ3) is 1.68. The maximum absolute atomic E-state index is 11.1. The van der Waals surface area contributed by atoms with Gasteiger partial charge in [0.15, 0.2) is 0 Å². The van der Waals surface area contributed by atoms with Crippen LogP contribution in [0.15, 0.2) is 35.2 Å². The minimum atomic E-state index is -4.39. The summed E-state index contributed by atoms with van der Waals surface area (Å²) in [6, 6.07) is 6.33. The first kappa shape index (κ1) is 10.7. The second-order valence-electron chi connectivity index (χ2n) is 3.29. The molecule has 0 aliphatic heterocycles. The Hall–Kier alpha value is -1.79. The number of hydrogen-bond donors (Lipinski definition) is 3. The van der Waals surface area contributed by atoms with E-state index < -0.39 is 10.1 Å². The van der Waals surface area contributed by atoms with Gasteiger partial charge in [0.25, 0.3) is 10.1 Å². The Labute approximate surface area is 91.3 Å². The van der Waals surface area contributed by atoms with E-state index in [1.54, 1.807) is 0 Å². The van der Waals surface area contributed by atoms with Crippen LogP contribution >= 0.6 is 0 Å². The molecule has 0 heterocycles. The van der Waals surface area contributed by atoms with Gasteiger partial charge in [-0.3, -0.25) is 4.55 Å². The molecule has 6 heteroatoms. The quantitative estimate of drug-likeness (QED) is 0.656. The van der Waals surface area contributed by atoms with Gasteiger partial charge in [-0.25, -0.2) is 0 Å². The van der Waals surface area contributed by atoms with E-state index in [2.05, 4.69) is 0 Å². The molecule has 0 aliphatic rings. The van der Waals surface area contributed by atoms with Crippen LogP contribution in [-0.4, -0.2) is 23.2 Å². The van der Waals surface area contributed by atoms with E-state index in [-0.39, 0.29) is 27.2 Å². The first-order chi connectivity index (χ1) is 7.39. The first-order valence-corrected chi connectivity index (χ1v) is 5.76. The van der Waals surface area contributed by atoms with Crippen LogP contribution in [0.25, 0.3) is 10.8 Å². The lowest BCUT2D eigenvalue weighted by molar-refractivity contribution is 0.455. The Balaban J connectivity index is 2.98. The van der Waals surface area contributed by atoms with Crippen molar-refractivity contribution in [2.24, 2.45) is 0 Å². The molecule has 2 aromatic carbocycles. The van der Waals surface area contributed by atoms with Gasteiger partial charge in [0.1, 0.15) is 16.4 Å². The van der Waals surface area contributed by atoms with Crippen LogP contribution in [0.2, 0.25) is 0 Å². The molecule has 16 heavy (non-hydrogen) atoms. The molecule has 5 nitrogen and oxygen atoms in total. The molecule has 3 N–H and O–H groups in total. The van der Waals surface area contributed by atoms with Crippen molar-refractivity contribution in [1.82, 2.24) is 0 Å². The number of benzene rings is 2. The second-order valence-corrected chi connectivity index (χ2v) is 4.68. The van der Waals surface area contributed by atoms with Crippen molar-refractivity contribution in [2.45, 2.75) is 4.90 Å². The van der Waals surface area contributed by atoms with Crippen molar-refractivity contribution in [3.8, 4) is 11.5 Å². The molecule has 0 unspecified atom stereocenters. The Morgan fingerprint density at radius 1 is 1.00 bits per heavy atom. The van der Waals surface area contributed by atoms with Crippen LogP contribution in [0.4, 0.5) is 0 Å². The number of rotatable bonds is 1. The van der Waals surface area contributed by atoms with E-state index in [1.165, 1.54) is 18.2 Å². The molecule has 0 bridgehead atoms. The van der Waals surface area contributed by atoms with Gasteiger partial charge in [-0.1, -0.05) is 12.1 Å². The maximum atomic E-state index is 11.1. The molecule has 0 spiro atoms. The lowest BCUT2D eigenvalue weighted by Gasteiger charge is -2.05. The lowest BCUT2D eigenvalue weighted by atomic mass is 10.1. The van der Waals surface area contributed by atoms with Gasteiger partial charge in [0.2, 0.25) is 0 Å². The molecular weight excluding hydrogens is 232 g/mol. The molecular formula is C10H8O5S. The van der Waals surface area contributed by atoms with Crippen LogP contribution < -0.4 is 0 Å². The normalized spacial score (nSPS) is 11.8. The fraction of sp³-hybridized carbons (Fsp3) is 0. The van der Waals surface area contributed by atoms with Crippen LogP contribution in [-0.2, 0) is 10.1 Å². The topological polar surface area (TPSA) is 94.8 Å². The van der Waals surface area contributed by atoms with Crippen molar-refractivity contribution in [3.63, 3.8) is 0 Å². The van der Waals surface area contributed by atoms with Gasteiger partial charge in [-0.2, -0.15) is 8.42 Å². The van der Waals surface area contributed by atoms with Crippen molar-refractivity contribution < 1.29 is 23.2 Å². The molecule has 0 saturated carbocycles. The van der Waals surface area contributed by atoms with Gasteiger partial charge in [-0.05, 0) is 12.1 Å². The summed E-state index contributed by atoms with van der Waals surface area (Å²) in [5.41, 5.74) is 0. The minimum absolute atomic E-state index is 0.0718. The van der Waals surface area contributed by atoms with Gasteiger partial charge < -0.3 is 10.2 Å². The number of aromatic hydroxyl groups is 2. The average molecular weight is 240 g/mol. The largest absolute Gasteiger partial charge is 0.508 e. The van der Waals surface area contributed by atoms with Crippen molar-refractivity contribution >= 4 is 20.9 Å². The van der Waals surface area contributed by atoms with Crippen molar-refractivity contribution in [3.05, 3.63) is 30.3 Å². The molecule has 0 atom stereocenters. The number of fused-ring (bicyclic) bond motifs is 1. The summed E-state index contributed by atoms with van der Waals surface area (Å²) in [6.45, 7) is 0. The molecule has 0 saturated heterocycles. The number of hydrogen-bond acceptors (Lipinski definition) is 4. The zero-order chi connectivity index (χ0) is 11.9.